The van der Waals surface area contributed by atoms with E-state index in [0.717, 1.165) is 31.7 Å². The molecule has 6 heteroatoms. The maximum atomic E-state index is 13.1. The Morgan fingerprint density at radius 3 is 2.47 bits per heavy atom. The molecule has 2 aliphatic rings. The Bertz CT molecular complexity index is 835. The lowest BCUT2D eigenvalue weighted by molar-refractivity contribution is 0.239. The SMILES string of the molecule is O=C(NCc1ccccc1CN1CCCC1)NCC1CCN(c2ccc(F)cc2)C1. The van der Waals surface area contributed by atoms with Crippen LogP contribution in [0.25, 0.3) is 0 Å². The van der Waals surface area contributed by atoms with Gasteiger partial charge in [0.05, 0.1) is 0 Å². The van der Waals surface area contributed by atoms with Gasteiger partial charge in [-0.2, -0.15) is 0 Å². The topological polar surface area (TPSA) is 47.6 Å². The van der Waals surface area contributed by atoms with Crippen LogP contribution in [0.1, 0.15) is 30.4 Å². The van der Waals surface area contributed by atoms with Crippen molar-refractivity contribution in [2.45, 2.75) is 32.4 Å². The number of nitrogens with one attached hydrogen (secondary N) is 2. The molecule has 1 unspecified atom stereocenters. The van der Waals surface area contributed by atoms with E-state index in [1.807, 2.05) is 18.2 Å². The van der Waals surface area contributed by atoms with E-state index in [0.29, 0.717) is 19.0 Å². The lowest BCUT2D eigenvalue weighted by atomic mass is 10.1. The number of carbonyl (C=O) groups is 1. The first-order valence-electron chi connectivity index (χ1n) is 11.0. The second kappa shape index (κ2) is 9.94. The second-order valence-corrected chi connectivity index (χ2v) is 8.39. The first-order valence-corrected chi connectivity index (χ1v) is 11.0. The average molecular weight is 411 g/mol. The third-order valence-electron chi connectivity index (χ3n) is 6.18. The second-order valence-electron chi connectivity index (χ2n) is 8.39. The molecule has 0 bridgehead atoms. The lowest BCUT2D eigenvalue weighted by Gasteiger charge is -2.19. The van der Waals surface area contributed by atoms with E-state index >= 15 is 0 Å². The first-order chi connectivity index (χ1) is 14.7. The van der Waals surface area contributed by atoms with Crippen LogP contribution in [-0.4, -0.2) is 43.7 Å². The van der Waals surface area contributed by atoms with Gasteiger partial charge in [-0.1, -0.05) is 24.3 Å². The van der Waals surface area contributed by atoms with Gasteiger partial charge in [0.25, 0.3) is 0 Å². The molecule has 5 nitrogen and oxygen atoms in total. The third kappa shape index (κ3) is 5.51. The molecule has 2 aromatic rings. The Hall–Kier alpha value is -2.60. The smallest absolute Gasteiger partial charge is 0.315 e. The standard InChI is InChI=1S/C24H31FN4O/c25-22-7-9-23(10-8-22)29-14-11-19(17-29)15-26-24(30)27-16-20-5-1-2-6-21(20)18-28-12-3-4-13-28/h1-2,5-10,19H,3-4,11-18H2,(H2,26,27,30). The Labute approximate surface area is 178 Å². The molecule has 2 aromatic carbocycles. The maximum absolute atomic E-state index is 13.1. The number of rotatable bonds is 7. The molecule has 0 saturated carbocycles. The van der Waals surface area contributed by atoms with Crippen molar-refractivity contribution < 1.29 is 9.18 Å². The molecule has 30 heavy (non-hydrogen) atoms. The molecule has 4 rings (SSSR count). The van der Waals surface area contributed by atoms with Crippen LogP contribution in [0.3, 0.4) is 0 Å². The Morgan fingerprint density at radius 1 is 0.967 bits per heavy atom. The van der Waals surface area contributed by atoms with Crippen molar-refractivity contribution in [2.24, 2.45) is 5.92 Å². The van der Waals surface area contributed by atoms with Crippen LogP contribution in [0, 0.1) is 11.7 Å². The third-order valence-corrected chi connectivity index (χ3v) is 6.18. The van der Waals surface area contributed by atoms with E-state index in [4.69, 9.17) is 0 Å². The number of carbonyl (C=O) groups excluding carboxylic acids is 1. The maximum Gasteiger partial charge on any atom is 0.315 e. The van der Waals surface area contributed by atoms with Crippen LogP contribution in [0.15, 0.2) is 48.5 Å². The van der Waals surface area contributed by atoms with E-state index < -0.39 is 0 Å². The molecule has 160 valence electrons. The summed E-state index contributed by atoms with van der Waals surface area (Å²) < 4.78 is 13.1. The number of hydrogen-bond acceptors (Lipinski definition) is 3. The largest absolute Gasteiger partial charge is 0.371 e. The summed E-state index contributed by atoms with van der Waals surface area (Å²) in [7, 11) is 0. The average Bonchev–Trinajstić information content (AvgIpc) is 3.44. The summed E-state index contributed by atoms with van der Waals surface area (Å²) >= 11 is 0. The summed E-state index contributed by atoms with van der Waals surface area (Å²) in [6.07, 6.45) is 3.58. The zero-order chi connectivity index (χ0) is 20.8. The van der Waals surface area contributed by atoms with Crippen LogP contribution in [-0.2, 0) is 13.1 Å². The minimum Gasteiger partial charge on any atom is -0.371 e. The van der Waals surface area contributed by atoms with Crippen LogP contribution < -0.4 is 15.5 Å². The zero-order valence-corrected chi connectivity index (χ0v) is 17.4. The molecule has 0 spiro atoms. The van der Waals surface area contributed by atoms with E-state index in [1.54, 1.807) is 0 Å². The van der Waals surface area contributed by atoms with Gasteiger partial charge in [-0.05, 0) is 73.7 Å². The highest BCUT2D eigenvalue weighted by molar-refractivity contribution is 5.73. The highest BCUT2D eigenvalue weighted by Crippen LogP contribution is 2.23. The van der Waals surface area contributed by atoms with Crippen LogP contribution in [0.2, 0.25) is 0 Å². The first kappa shape index (κ1) is 20.7. The molecule has 2 saturated heterocycles. The summed E-state index contributed by atoms with van der Waals surface area (Å²) in [4.78, 5) is 17.1. The van der Waals surface area contributed by atoms with Gasteiger partial charge in [-0.15, -0.1) is 0 Å². The number of likely N-dealkylation sites (tertiary alicyclic amines) is 1. The molecular formula is C24H31FN4O. The van der Waals surface area contributed by atoms with Crippen molar-refractivity contribution in [3.8, 4) is 0 Å². The van der Waals surface area contributed by atoms with Gasteiger partial charge in [0.1, 0.15) is 5.82 Å². The van der Waals surface area contributed by atoms with E-state index in [1.165, 1.54) is 49.2 Å². The normalized spacial score (nSPS) is 19.2. The quantitative estimate of drug-likeness (QED) is 0.731. The molecule has 0 aliphatic carbocycles. The van der Waals surface area contributed by atoms with Gasteiger partial charge >= 0.3 is 6.03 Å². The van der Waals surface area contributed by atoms with Crippen molar-refractivity contribution in [3.05, 3.63) is 65.5 Å². The van der Waals surface area contributed by atoms with Gasteiger partial charge in [0, 0.05) is 38.4 Å². The zero-order valence-electron chi connectivity index (χ0n) is 17.4. The molecule has 2 amide bonds. The number of halogens is 1. The van der Waals surface area contributed by atoms with Crippen LogP contribution in [0.4, 0.5) is 14.9 Å². The monoisotopic (exact) mass is 410 g/mol. The fourth-order valence-corrected chi connectivity index (χ4v) is 4.43. The van der Waals surface area contributed by atoms with E-state index in [2.05, 4.69) is 38.6 Å². The summed E-state index contributed by atoms with van der Waals surface area (Å²) in [6.45, 7) is 6.30. The number of hydrogen-bond donors (Lipinski definition) is 2. The molecular weight excluding hydrogens is 379 g/mol. The highest BCUT2D eigenvalue weighted by atomic mass is 19.1. The fraction of sp³-hybridized carbons (Fsp3) is 0.458. The van der Waals surface area contributed by atoms with Crippen molar-refractivity contribution in [1.82, 2.24) is 15.5 Å². The van der Waals surface area contributed by atoms with Gasteiger partial charge in [-0.3, -0.25) is 4.90 Å². The van der Waals surface area contributed by atoms with Gasteiger partial charge in [0.2, 0.25) is 0 Å². The molecule has 1 atom stereocenters. The number of urea groups is 1. The van der Waals surface area contributed by atoms with Gasteiger partial charge in [0.15, 0.2) is 0 Å². The predicted molar refractivity (Wildman–Crippen MR) is 118 cm³/mol. The fourth-order valence-electron chi connectivity index (χ4n) is 4.43. The summed E-state index contributed by atoms with van der Waals surface area (Å²) in [5.41, 5.74) is 3.52. The molecule has 0 radical (unpaired) electrons. The highest BCUT2D eigenvalue weighted by Gasteiger charge is 2.23. The van der Waals surface area contributed by atoms with Crippen molar-refractivity contribution in [1.29, 1.82) is 0 Å². The minimum absolute atomic E-state index is 0.119. The Balaban J connectivity index is 1.21. The van der Waals surface area contributed by atoms with Crippen molar-refractivity contribution in [2.75, 3.05) is 37.6 Å². The number of amides is 2. The Kier molecular flexibility index (Phi) is 6.84. The van der Waals surface area contributed by atoms with Gasteiger partial charge < -0.3 is 15.5 Å². The van der Waals surface area contributed by atoms with Crippen LogP contribution >= 0.6 is 0 Å². The molecule has 2 fully saturated rings. The number of benzene rings is 2. The van der Waals surface area contributed by atoms with Crippen LogP contribution in [0.5, 0.6) is 0 Å². The number of anilines is 1. The molecule has 2 N–H and O–H groups in total. The van der Waals surface area contributed by atoms with E-state index in [9.17, 15) is 9.18 Å². The summed E-state index contributed by atoms with van der Waals surface area (Å²) in [5.74, 6) is 0.193. The number of nitrogens with zero attached hydrogens (tertiary/aromatic N) is 2. The summed E-state index contributed by atoms with van der Waals surface area (Å²) in [6, 6.07) is 14.9. The predicted octanol–water partition coefficient (Wildman–Crippen LogP) is 3.75. The van der Waals surface area contributed by atoms with Crippen molar-refractivity contribution in [3.63, 3.8) is 0 Å². The lowest BCUT2D eigenvalue weighted by Crippen LogP contribution is -2.38. The van der Waals surface area contributed by atoms with Crippen molar-refractivity contribution >= 4 is 11.7 Å². The molecule has 2 heterocycles. The minimum atomic E-state index is -0.213. The summed E-state index contributed by atoms with van der Waals surface area (Å²) in [5, 5.41) is 6.03. The molecule has 2 aliphatic heterocycles. The van der Waals surface area contributed by atoms with E-state index in [-0.39, 0.29) is 11.8 Å². The molecule has 0 aromatic heterocycles. The Morgan fingerprint density at radius 2 is 1.70 bits per heavy atom. The van der Waals surface area contributed by atoms with Gasteiger partial charge in [-0.25, -0.2) is 9.18 Å².